The Balaban J connectivity index is 1.97. The van der Waals surface area contributed by atoms with Gasteiger partial charge in [-0.2, -0.15) is 8.42 Å². The molecule has 0 amide bonds. The molecule has 6 nitrogen and oxygen atoms in total. The Morgan fingerprint density at radius 1 is 0.968 bits per heavy atom. The molecule has 0 aliphatic carbocycles. The zero-order valence-electron chi connectivity index (χ0n) is 18.3. The van der Waals surface area contributed by atoms with Crippen molar-refractivity contribution < 1.29 is 17.7 Å². The summed E-state index contributed by atoms with van der Waals surface area (Å²) >= 11 is 0. The lowest BCUT2D eigenvalue weighted by molar-refractivity contribution is -0.264. The lowest BCUT2D eigenvalue weighted by Crippen LogP contribution is -2.24. The number of fused-ring (bicyclic) bond motifs is 1. The number of hydrogen-bond acceptors (Lipinski definition) is 5. The van der Waals surface area contributed by atoms with Gasteiger partial charge in [-0.1, -0.05) is 71.0 Å². The largest absolute Gasteiger partial charge is 0.867 e. The minimum atomic E-state index is -4.28. The van der Waals surface area contributed by atoms with Gasteiger partial charge < -0.3 is 9.29 Å². The molecule has 0 aliphatic rings. The maximum atomic E-state index is 13.0. The average molecular weight is 439 g/mol. The minimum Gasteiger partial charge on any atom is -0.867 e. The van der Waals surface area contributed by atoms with E-state index in [0.717, 1.165) is 18.1 Å². The van der Waals surface area contributed by atoms with Crippen molar-refractivity contribution in [2.24, 2.45) is 5.41 Å². The number of benzene rings is 3. The van der Waals surface area contributed by atoms with Crippen molar-refractivity contribution >= 4 is 26.6 Å². The van der Waals surface area contributed by atoms with Crippen LogP contribution >= 0.6 is 0 Å². The van der Waals surface area contributed by atoms with Crippen molar-refractivity contribution in [3.8, 4) is 11.5 Å². The second-order valence-electron chi connectivity index (χ2n) is 9.55. The highest BCUT2D eigenvalue weighted by atomic mass is 32.2. The normalized spacial score (nSPS) is 12.5. The molecule has 0 aromatic heterocycles. The minimum absolute atomic E-state index is 0.0899. The predicted octanol–water partition coefficient (Wildman–Crippen LogP) is 5.88. The van der Waals surface area contributed by atoms with Crippen LogP contribution in [0.2, 0.25) is 0 Å². The summed E-state index contributed by atoms with van der Waals surface area (Å²) in [4.78, 5) is 2.71. The van der Waals surface area contributed by atoms with E-state index in [9.17, 15) is 13.5 Å². The Kier molecular flexibility index (Phi) is 5.72. The van der Waals surface area contributed by atoms with Crippen molar-refractivity contribution in [3.63, 3.8) is 0 Å². The van der Waals surface area contributed by atoms with Gasteiger partial charge in [0.15, 0.2) is 4.98 Å². The SMILES string of the molecule is CC(C)(C)CC(C)(C)c1ccc(OS(=O)(=O)c2cc([N+]#N)c([O-])c3ccccc23)cc1. The topological polar surface area (TPSA) is 94.6 Å². The molecule has 0 spiro atoms. The fraction of sp³-hybridized carbons (Fsp3) is 0.333. The van der Waals surface area contributed by atoms with E-state index in [4.69, 9.17) is 9.58 Å². The van der Waals surface area contributed by atoms with Crippen LogP contribution in [0, 0.1) is 10.8 Å². The first-order valence-electron chi connectivity index (χ1n) is 9.97. The third kappa shape index (κ3) is 4.80. The summed E-state index contributed by atoms with van der Waals surface area (Å²) in [5, 5.41) is 21.8. The molecule has 0 saturated carbocycles. The fourth-order valence-corrected chi connectivity index (χ4v) is 5.30. The van der Waals surface area contributed by atoms with Gasteiger partial charge in [-0.3, -0.25) is 0 Å². The van der Waals surface area contributed by atoms with Gasteiger partial charge in [0, 0.05) is 5.39 Å². The maximum Gasteiger partial charge on any atom is 0.379 e. The summed E-state index contributed by atoms with van der Waals surface area (Å²) in [5.74, 6) is -0.393. The third-order valence-corrected chi connectivity index (χ3v) is 6.42. The zero-order chi connectivity index (χ0) is 23.0. The summed E-state index contributed by atoms with van der Waals surface area (Å²) in [6, 6.07) is 14.2. The molecule has 3 rings (SSSR count). The van der Waals surface area contributed by atoms with Crippen molar-refractivity contribution in [1.29, 1.82) is 5.39 Å². The lowest BCUT2D eigenvalue weighted by atomic mass is 9.72. The third-order valence-electron chi connectivity index (χ3n) is 5.13. The molecule has 0 radical (unpaired) electrons. The van der Waals surface area contributed by atoms with Gasteiger partial charge in [-0.25, -0.2) is 0 Å². The van der Waals surface area contributed by atoms with E-state index in [1.54, 1.807) is 24.3 Å². The van der Waals surface area contributed by atoms with E-state index < -0.39 is 15.9 Å². The van der Waals surface area contributed by atoms with Crippen LogP contribution in [0.5, 0.6) is 11.5 Å². The molecule has 0 heterocycles. The first kappa shape index (κ1) is 22.6. The average Bonchev–Trinajstić information content (AvgIpc) is 2.66. The van der Waals surface area contributed by atoms with Crippen LogP contribution in [0.25, 0.3) is 15.7 Å². The van der Waals surface area contributed by atoms with Crippen LogP contribution in [0.1, 0.15) is 46.6 Å². The molecule has 0 saturated heterocycles. The second-order valence-corrected chi connectivity index (χ2v) is 11.1. The quantitative estimate of drug-likeness (QED) is 0.366. The molecule has 31 heavy (non-hydrogen) atoms. The molecule has 0 bridgehead atoms. The first-order chi connectivity index (χ1) is 14.3. The summed E-state index contributed by atoms with van der Waals surface area (Å²) in [6.07, 6.45) is 0.958. The molecule has 0 aliphatic heterocycles. The summed E-state index contributed by atoms with van der Waals surface area (Å²) < 4.78 is 31.4. The maximum absolute atomic E-state index is 13.0. The molecule has 0 unspecified atom stereocenters. The Hall–Kier alpha value is -3.11. The summed E-state index contributed by atoms with van der Waals surface area (Å²) in [5.41, 5.74) is 0.773. The predicted molar refractivity (Wildman–Crippen MR) is 119 cm³/mol. The number of hydrogen-bond donors (Lipinski definition) is 0. The van der Waals surface area contributed by atoms with Gasteiger partial charge in [0.05, 0.1) is 6.07 Å². The number of rotatable bonds is 5. The Labute approximate surface area is 183 Å². The van der Waals surface area contributed by atoms with Gasteiger partial charge in [0.1, 0.15) is 10.6 Å². The zero-order valence-corrected chi connectivity index (χ0v) is 19.2. The lowest BCUT2D eigenvalue weighted by Gasteiger charge is -2.33. The van der Waals surface area contributed by atoms with Crippen molar-refractivity contribution in [2.75, 3.05) is 0 Å². The van der Waals surface area contributed by atoms with Gasteiger partial charge >= 0.3 is 15.8 Å². The van der Waals surface area contributed by atoms with Gasteiger partial charge in [-0.05, 0) is 46.1 Å². The van der Waals surface area contributed by atoms with E-state index in [1.807, 2.05) is 12.1 Å². The van der Waals surface area contributed by atoms with Crippen LogP contribution in [0.15, 0.2) is 59.5 Å². The molecular formula is C24H26N2O4S. The van der Waals surface area contributed by atoms with Crippen LogP contribution in [0.4, 0.5) is 5.69 Å². The highest BCUT2D eigenvalue weighted by molar-refractivity contribution is 7.87. The van der Waals surface area contributed by atoms with E-state index in [-0.39, 0.29) is 37.9 Å². The molecule has 3 aromatic carbocycles. The summed E-state index contributed by atoms with van der Waals surface area (Å²) in [6.45, 7) is 10.9. The Morgan fingerprint density at radius 2 is 1.55 bits per heavy atom. The molecule has 0 fully saturated rings. The van der Waals surface area contributed by atoms with E-state index >= 15 is 0 Å². The van der Waals surface area contributed by atoms with Gasteiger partial charge in [0.25, 0.3) is 0 Å². The van der Waals surface area contributed by atoms with Gasteiger partial charge in [-0.15, -0.1) is 0 Å². The molecular weight excluding hydrogens is 412 g/mol. The highest BCUT2D eigenvalue weighted by Crippen LogP contribution is 2.39. The van der Waals surface area contributed by atoms with E-state index in [0.29, 0.717) is 0 Å². The standard InChI is InChI=1S/C24H26N2O4S/c1-23(2,3)15-24(4,5)16-10-12-17(13-11-16)30-31(28,29)21-14-20(26-25)22(27)19-9-7-6-8-18(19)21/h6-14H,15H2,1-5H3. The Bertz CT molecular complexity index is 1270. The van der Waals surface area contributed by atoms with Crippen LogP contribution in [-0.2, 0) is 15.5 Å². The number of nitrogens with zero attached hydrogens (tertiary/aromatic N) is 2. The molecule has 0 N–H and O–H groups in total. The highest BCUT2D eigenvalue weighted by Gasteiger charge is 2.28. The molecule has 3 aromatic rings. The van der Waals surface area contributed by atoms with Crippen LogP contribution < -0.4 is 9.29 Å². The van der Waals surface area contributed by atoms with Crippen LogP contribution in [-0.4, -0.2) is 8.42 Å². The molecule has 162 valence electrons. The molecule has 7 heteroatoms. The fourth-order valence-electron chi connectivity index (χ4n) is 4.14. The van der Waals surface area contributed by atoms with Crippen molar-refractivity contribution in [3.05, 3.63) is 65.1 Å². The second kappa shape index (κ2) is 7.86. The van der Waals surface area contributed by atoms with Crippen molar-refractivity contribution in [2.45, 2.75) is 51.3 Å². The smallest absolute Gasteiger partial charge is 0.379 e. The number of diazo groups is 1. The van der Waals surface area contributed by atoms with Crippen LogP contribution in [0.3, 0.4) is 0 Å². The van der Waals surface area contributed by atoms with Gasteiger partial charge in [0.2, 0.25) is 5.39 Å². The van der Waals surface area contributed by atoms with E-state index in [2.05, 4.69) is 39.6 Å². The summed E-state index contributed by atoms with van der Waals surface area (Å²) in [7, 11) is -4.28. The Morgan fingerprint density at radius 3 is 2.10 bits per heavy atom. The van der Waals surface area contributed by atoms with E-state index in [1.165, 1.54) is 12.1 Å². The monoisotopic (exact) mass is 438 g/mol. The first-order valence-corrected chi connectivity index (χ1v) is 11.4. The van der Waals surface area contributed by atoms with Crippen molar-refractivity contribution in [1.82, 2.24) is 0 Å². The molecule has 0 atom stereocenters.